The molecule has 0 atom stereocenters. The molecule has 0 N–H and O–H groups in total. The van der Waals surface area contributed by atoms with Gasteiger partial charge in [-0.25, -0.2) is 4.98 Å². The predicted molar refractivity (Wildman–Crippen MR) is 102 cm³/mol. The summed E-state index contributed by atoms with van der Waals surface area (Å²) >= 11 is 0. The quantitative estimate of drug-likeness (QED) is 0.341. The van der Waals surface area contributed by atoms with Gasteiger partial charge in [0.15, 0.2) is 0 Å². The van der Waals surface area contributed by atoms with Crippen LogP contribution in [0.2, 0.25) is 0 Å². The van der Waals surface area contributed by atoms with E-state index in [1.807, 2.05) is 31.2 Å². The molecule has 7 heteroatoms. The molecule has 3 aromatic rings. The predicted octanol–water partition coefficient (Wildman–Crippen LogP) is 4.10. The van der Waals surface area contributed by atoms with E-state index in [0.717, 1.165) is 28.9 Å². The zero-order valence-corrected chi connectivity index (χ0v) is 15.1. The highest BCUT2D eigenvalue weighted by Crippen LogP contribution is 2.28. The van der Waals surface area contributed by atoms with Gasteiger partial charge in [0.2, 0.25) is 0 Å². The number of ether oxygens (including phenoxy) is 1. The number of hydrogen-bond acceptors (Lipinski definition) is 5. The van der Waals surface area contributed by atoms with Crippen LogP contribution < -0.4 is 0 Å². The van der Waals surface area contributed by atoms with E-state index < -0.39 is 4.92 Å². The lowest BCUT2D eigenvalue weighted by molar-refractivity contribution is -0.384. The second kappa shape index (κ2) is 8.43. The average Bonchev–Trinajstić information content (AvgIpc) is 3.04. The van der Waals surface area contributed by atoms with Crippen molar-refractivity contribution >= 4 is 16.7 Å². The lowest BCUT2D eigenvalue weighted by Crippen LogP contribution is -2.04. The summed E-state index contributed by atoms with van der Waals surface area (Å²) in [6, 6.07) is 14.6. The van der Waals surface area contributed by atoms with Crippen molar-refractivity contribution in [1.82, 2.24) is 9.55 Å². The van der Waals surface area contributed by atoms with E-state index in [2.05, 4.69) is 15.6 Å². The van der Waals surface area contributed by atoms with Crippen molar-refractivity contribution in [2.45, 2.75) is 26.3 Å². The summed E-state index contributed by atoms with van der Waals surface area (Å²) in [6.07, 6.45) is 1.17. The van der Waals surface area contributed by atoms with Crippen LogP contribution >= 0.6 is 0 Å². The van der Waals surface area contributed by atoms with Crippen LogP contribution in [0.5, 0.6) is 0 Å². The van der Waals surface area contributed by atoms with Gasteiger partial charge < -0.3 is 9.30 Å². The van der Waals surface area contributed by atoms with Gasteiger partial charge in [-0.15, -0.1) is 0 Å². The maximum atomic E-state index is 11.1. The molecule has 138 valence electrons. The standard InChI is InChI=1S/C20H20N4O3/c1-2-27-13-3-12-23-19-9-8-17(24(25)26)14-18(19)22-20(23)16-6-4-15(5-7-16)10-11-21/h4-9,14H,2-3,10,12-13H2,1H3. The summed E-state index contributed by atoms with van der Waals surface area (Å²) < 4.78 is 7.50. The fourth-order valence-electron chi connectivity index (χ4n) is 3.01. The second-order valence-electron chi connectivity index (χ2n) is 6.10. The summed E-state index contributed by atoms with van der Waals surface area (Å²) in [5, 5.41) is 19.9. The van der Waals surface area contributed by atoms with Crippen LogP contribution in [0.15, 0.2) is 42.5 Å². The number of nitrogens with zero attached hydrogens (tertiary/aromatic N) is 4. The summed E-state index contributed by atoms with van der Waals surface area (Å²) in [5.41, 5.74) is 3.32. The van der Waals surface area contributed by atoms with E-state index in [4.69, 9.17) is 10.00 Å². The smallest absolute Gasteiger partial charge is 0.271 e. The number of nitro benzene ring substituents is 1. The molecule has 0 spiro atoms. The van der Waals surface area contributed by atoms with E-state index in [9.17, 15) is 10.1 Å². The van der Waals surface area contributed by atoms with Crippen LogP contribution in [0.3, 0.4) is 0 Å². The fourth-order valence-corrected chi connectivity index (χ4v) is 3.01. The van der Waals surface area contributed by atoms with Crippen molar-refractivity contribution in [2.75, 3.05) is 13.2 Å². The molecule has 3 rings (SSSR count). The Labute approximate surface area is 157 Å². The molecule has 0 fully saturated rings. The number of imidazole rings is 1. The maximum Gasteiger partial charge on any atom is 0.271 e. The van der Waals surface area contributed by atoms with Crippen LogP contribution in [0, 0.1) is 21.4 Å². The minimum absolute atomic E-state index is 0.0254. The number of benzene rings is 2. The Bertz CT molecular complexity index is 987. The van der Waals surface area contributed by atoms with Crippen LogP contribution in [-0.4, -0.2) is 27.7 Å². The average molecular weight is 364 g/mol. The Morgan fingerprint density at radius 1 is 1.26 bits per heavy atom. The second-order valence-corrected chi connectivity index (χ2v) is 6.10. The number of aryl methyl sites for hydroxylation is 1. The van der Waals surface area contributed by atoms with Crippen molar-refractivity contribution in [2.24, 2.45) is 0 Å². The first-order chi connectivity index (χ1) is 13.1. The summed E-state index contributed by atoms with van der Waals surface area (Å²) in [5.74, 6) is 0.755. The highest BCUT2D eigenvalue weighted by molar-refractivity contribution is 5.82. The molecule has 0 aliphatic heterocycles. The molecule has 2 aromatic carbocycles. The Morgan fingerprint density at radius 2 is 2.04 bits per heavy atom. The third-order valence-corrected chi connectivity index (χ3v) is 4.31. The molecule has 0 saturated heterocycles. The van der Waals surface area contributed by atoms with Gasteiger partial charge in [-0.1, -0.05) is 24.3 Å². The van der Waals surface area contributed by atoms with Gasteiger partial charge in [-0.05, 0) is 25.0 Å². The lowest BCUT2D eigenvalue weighted by Gasteiger charge is -2.10. The van der Waals surface area contributed by atoms with Crippen LogP contribution in [0.4, 0.5) is 5.69 Å². The van der Waals surface area contributed by atoms with E-state index in [1.165, 1.54) is 12.1 Å². The number of hydrogen-bond donors (Lipinski definition) is 0. The molecular formula is C20H20N4O3. The lowest BCUT2D eigenvalue weighted by atomic mass is 10.1. The Hall–Kier alpha value is -3.24. The first-order valence-electron chi connectivity index (χ1n) is 8.82. The highest BCUT2D eigenvalue weighted by Gasteiger charge is 2.16. The maximum absolute atomic E-state index is 11.1. The molecule has 0 saturated carbocycles. The van der Waals surface area contributed by atoms with Crippen LogP contribution in [-0.2, 0) is 17.7 Å². The Kier molecular flexibility index (Phi) is 5.79. The first-order valence-corrected chi connectivity index (χ1v) is 8.82. The first kappa shape index (κ1) is 18.5. The molecule has 0 radical (unpaired) electrons. The minimum Gasteiger partial charge on any atom is -0.382 e. The van der Waals surface area contributed by atoms with Crippen molar-refractivity contribution in [3.63, 3.8) is 0 Å². The third-order valence-electron chi connectivity index (χ3n) is 4.31. The molecule has 7 nitrogen and oxygen atoms in total. The van der Waals surface area contributed by atoms with Gasteiger partial charge in [0.1, 0.15) is 5.82 Å². The Balaban J connectivity index is 2.02. The fraction of sp³-hybridized carbons (Fsp3) is 0.300. The largest absolute Gasteiger partial charge is 0.382 e. The molecule has 1 heterocycles. The summed E-state index contributed by atoms with van der Waals surface area (Å²) in [4.78, 5) is 15.3. The van der Waals surface area contributed by atoms with Crippen molar-refractivity contribution in [1.29, 1.82) is 5.26 Å². The zero-order chi connectivity index (χ0) is 19.2. The zero-order valence-electron chi connectivity index (χ0n) is 15.1. The SMILES string of the molecule is CCOCCCn1c(-c2ccc(CC#N)cc2)nc2cc([N+](=O)[O-])ccc21. The van der Waals surface area contributed by atoms with Crippen molar-refractivity contribution in [3.05, 3.63) is 58.1 Å². The molecular weight excluding hydrogens is 344 g/mol. The van der Waals surface area contributed by atoms with Crippen LogP contribution in [0.1, 0.15) is 18.9 Å². The van der Waals surface area contributed by atoms with E-state index in [-0.39, 0.29) is 5.69 Å². The molecule has 27 heavy (non-hydrogen) atoms. The topological polar surface area (TPSA) is 94.0 Å². The molecule has 0 aliphatic carbocycles. The number of aromatic nitrogens is 2. The molecule has 0 amide bonds. The van der Waals surface area contributed by atoms with Gasteiger partial charge >= 0.3 is 0 Å². The number of rotatable bonds is 8. The number of nitriles is 1. The highest BCUT2D eigenvalue weighted by atomic mass is 16.6. The Morgan fingerprint density at radius 3 is 2.70 bits per heavy atom. The van der Waals surface area contributed by atoms with Gasteiger partial charge in [-0.3, -0.25) is 10.1 Å². The molecule has 0 bridgehead atoms. The molecule has 1 aromatic heterocycles. The number of fused-ring (bicyclic) bond motifs is 1. The number of non-ortho nitro benzene ring substituents is 1. The van der Waals surface area contributed by atoms with E-state index in [0.29, 0.717) is 31.7 Å². The minimum atomic E-state index is -0.413. The van der Waals surface area contributed by atoms with E-state index >= 15 is 0 Å². The molecule has 0 aliphatic rings. The molecule has 0 unspecified atom stereocenters. The van der Waals surface area contributed by atoms with Gasteiger partial charge in [0, 0.05) is 37.5 Å². The van der Waals surface area contributed by atoms with E-state index in [1.54, 1.807) is 6.07 Å². The summed E-state index contributed by atoms with van der Waals surface area (Å²) in [7, 11) is 0. The van der Waals surface area contributed by atoms with Crippen molar-refractivity contribution in [3.8, 4) is 17.5 Å². The van der Waals surface area contributed by atoms with Gasteiger partial charge in [0.05, 0.1) is 28.4 Å². The van der Waals surface area contributed by atoms with Gasteiger partial charge in [-0.2, -0.15) is 5.26 Å². The number of nitro groups is 1. The monoisotopic (exact) mass is 364 g/mol. The van der Waals surface area contributed by atoms with Crippen LogP contribution in [0.25, 0.3) is 22.4 Å². The summed E-state index contributed by atoms with van der Waals surface area (Å²) in [6.45, 7) is 3.97. The third kappa shape index (κ3) is 4.13. The van der Waals surface area contributed by atoms with Gasteiger partial charge in [0.25, 0.3) is 5.69 Å². The normalized spacial score (nSPS) is 10.8. The van der Waals surface area contributed by atoms with Crippen molar-refractivity contribution < 1.29 is 9.66 Å².